The van der Waals surface area contributed by atoms with Gasteiger partial charge in [0.2, 0.25) is 0 Å². The molecule has 1 aromatic rings. The van der Waals surface area contributed by atoms with E-state index in [1.165, 1.54) is 0 Å². The molecule has 0 aliphatic carbocycles. The highest BCUT2D eigenvalue weighted by Crippen LogP contribution is 2.16. The number of benzene rings is 1. The van der Waals surface area contributed by atoms with Gasteiger partial charge < -0.3 is 10.6 Å². The van der Waals surface area contributed by atoms with E-state index in [2.05, 4.69) is 0 Å². The molecule has 0 aliphatic heterocycles. The number of amides is 1. The number of carbonyl (C=O) groups is 1. The van der Waals surface area contributed by atoms with Crippen LogP contribution in [0.3, 0.4) is 0 Å². The lowest BCUT2D eigenvalue weighted by molar-refractivity contribution is 0.0704. The Balaban J connectivity index is 2.98. The Morgan fingerprint density at radius 1 is 1.33 bits per heavy atom. The maximum absolute atomic E-state index is 12.6. The molecule has 3 heteroatoms. The largest absolute Gasteiger partial charge is 0.336 e. The molecule has 0 aromatic heterocycles. The van der Waals surface area contributed by atoms with E-state index >= 15 is 0 Å². The number of aryl methyl sites for hydroxylation is 1. The minimum absolute atomic E-state index is 0.111. The molecule has 1 aromatic carbocycles. The third-order valence-corrected chi connectivity index (χ3v) is 3.32. The Labute approximate surface area is 110 Å². The molecule has 1 rings (SSSR count). The van der Waals surface area contributed by atoms with Gasteiger partial charge in [0.15, 0.2) is 0 Å². The minimum atomic E-state index is 0.111. The summed E-state index contributed by atoms with van der Waals surface area (Å²) in [7, 11) is 0. The molecule has 0 aliphatic rings. The predicted octanol–water partition coefficient (Wildman–Crippen LogP) is 2.50. The van der Waals surface area contributed by atoms with Crippen LogP contribution in [-0.2, 0) is 0 Å². The van der Waals surface area contributed by atoms with Crippen LogP contribution >= 0.6 is 0 Å². The van der Waals surface area contributed by atoms with Crippen LogP contribution in [0.25, 0.3) is 0 Å². The van der Waals surface area contributed by atoms with Gasteiger partial charge in [-0.15, -0.1) is 0 Å². The van der Waals surface area contributed by atoms with Crippen molar-refractivity contribution in [2.75, 3.05) is 13.1 Å². The lowest BCUT2D eigenvalue weighted by Gasteiger charge is -2.27. The molecule has 0 heterocycles. The van der Waals surface area contributed by atoms with Gasteiger partial charge in [-0.1, -0.05) is 12.1 Å². The second-order valence-electron chi connectivity index (χ2n) is 4.98. The molecule has 0 saturated carbocycles. The first kappa shape index (κ1) is 14.7. The van der Waals surface area contributed by atoms with E-state index in [1.807, 2.05) is 50.8 Å². The third kappa shape index (κ3) is 3.33. The lowest BCUT2D eigenvalue weighted by atomic mass is 10.0. The fourth-order valence-corrected chi connectivity index (χ4v) is 1.99. The molecular weight excluding hydrogens is 224 g/mol. The second-order valence-corrected chi connectivity index (χ2v) is 4.98. The van der Waals surface area contributed by atoms with E-state index in [0.717, 1.165) is 29.7 Å². The van der Waals surface area contributed by atoms with Crippen LogP contribution in [0.2, 0.25) is 0 Å². The molecular formula is C15H24N2O. The fraction of sp³-hybridized carbons (Fsp3) is 0.533. The standard InChI is InChI=1S/C15H24N2O/c1-11(2)17(10-6-9-16)15(18)14-8-5-7-12(3)13(14)4/h5,7-8,11H,6,9-10,16H2,1-4H3. The summed E-state index contributed by atoms with van der Waals surface area (Å²) in [6, 6.07) is 6.08. The number of hydrogen-bond donors (Lipinski definition) is 1. The topological polar surface area (TPSA) is 46.3 Å². The molecule has 0 radical (unpaired) electrons. The summed E-state index contributed by atoms with van der Waals surface area (Å²) in [6.07, 6.45) is 0.842. The van der Waals surface area contributed by atoms with Crippen molar-refractivity contribution in [1.82, 2.24) is 4.90 Å². The van der Waals surface area contributed by atoms with Crippen molar-refractivity contribution in [2.24, 2.45) is 5.73 Å². The Kier molecular flexibility index (Phi) is 5.35. The molecule has 0 spiro atoms. The van der Waals surface area contributed by atoms with Crippen molar-refractivity contribution < 1.29 is 4.79 Å². The summed E-state index contributed by atoms with van der Waals surface area (Å²) >= 11 is 0. The first-order valence-corrected chi connectivity index (χ1v) is 6.56. The zero-order chi connectivity index (χ0) is 13.7. The van der Waals surface area contributed by atoms with Gasteiger partial charge >= 0.3 is 0 Å². The number of hydrogen-bond acceptors (Lipinski definition) is 2. The van der Waals surface area contributed by atoms with Crippen molar-refractivity contribution >= 4 is 5.91 Å². The monoisotopic (exact) mass is 248 g/mol. The zero-order valence-electron chi connectivity index (χ0n) is 11.9. The lowest BCUT2D eigenvalue weighted by Crippen LogP contribution is -2.38. The second kappa shape index (κ2) is 6.55. The maximum Gasteiger partial charge on any atom is 0.254 e. The van der Waals surface area contributed by atoms with Crippen LogP contribution in [0.4, 0.5) is 0 Å². The number of carbonyl (C=O) groups excluding carboxylic acids is 1. The van der Waals surface area contributed by atoms with Crippen molar-refractivity contribution in [3.8, 4) is 0 Å². The highest BCUT2D eigenvalue weighted by molar-refractivity contribution is 5.96. The van der Waals surface area contributed by atoms with E-state index in [1.54, 1.807) is 0 Å². The van der Waals surface area contributed by atoms with Crippen molar-refractivity contribution in [3.05, 3.63) is 34.9 Å². The number of rotatable bonds is 5. The zero-order valence-corrected chi connectivity index (χ0v) is 11.9. The Bertz CT molecular complexity index is 413. The number of nitrogens with zero attached hydrogens (tertiary/aromatic N) is 1. The van der Waals surface area contributed by atoms with Gasteiger partial charge in [0.05, 0.1) is 0 Å². The number of nitrogens with two attached hydrogens (primary N) is 1. The fourth-order valence-electron chi connectivity index (χ4n) is 1.99. The summed E-state index contributed by atoms with van der Waals surface area (Å²) in [5.74, 6) is 0.111. The molecule has 0 bridgehead atoms. The first-order valence-electron chi connectivity index (χ1n) is 6.56. The SMILES string of the molecule is Cc1cccc(C(=O)N(CCCN)C(C)C)c1C. The highest BCUT2D eigenvalue weighted by atomic mass is 16.2. The normalized spacial score (nSPS) is 10.8. The van der Waals surface area contributed by atoms with Crippen molar-refractivity contribution in [1.29, 1.82) is 0 Å². The van der Waals surface area contributed by atoms with Gasteiger partial charge in [-0.2, -0.15) is 0 Å². The van der Waals surface area contributed by atoms with E-state index in [-0.39, 0.29) is 11.9 Å². The average Bonchev–Trinajstić information content (AvgIpc) is 2.32. The van der Waals surface area contributed by atoms with Crippen LogP contribution in [0.15, 0.2) is 18.2 Å². The average molecular weight is 248 g/mol. The van der Waals surface area contributed by atoms with E-state index in [9.17, 15) is 4.79 Å². The van der Waals surface area contributed by atoms with E-state index in [0.29, 0.717) is 6.54 Å². The summed E-state index contributed by atoms with van der Waals surface area (Å²) in [5, 5.41) is 0. The van der Waals surface area contributed by atoms with E-state index in [4.69, 9.17) is 5.73 Å². The minimum Gasteiger partial charge on any atom is -0.336 e. The third-order valence-electron chi connectivity index (χ3n) is 3.32. The molecule has 2 N–H and O–H groups in total. The van der Waals surface area contributed by atoms with Gasteiger partial charge in [-0.05, 0) is 57.9 Å². The molecule has 100 valence electrons. The molecule has 0 saturated heterocycles. The summed E-state index contributed by atoms with van der Waals surface area (Å²) in [4.78, 5) is 14.4. The van der Waals surface area contributed by atoms with Gasteiger partial charge in [-0.25, -0.2) is 0 Å². The predicted molar refractivity (Wildman–Crippen MR) is 75.8 cm³/mol. The Hall–Kier alpha value is -1.35. The Morgan fingerprint density at radius 3 is 2.56 bits per heavy atom. The van der Waals surface area contributed by atoms with Crippen LogP contribution < -0.4 is 5.73 Å². The Morgan fingerprint density at radius 2 is 2.00 bits per heavy atom. The molecule has 3 nitrogen and oxygen atoms in total. The van der Waals surface area contributed by atoms with Gasteiger partial charge in [0, 0.05) is 18.2 Å². The summed E-state index contributed by atoms with van der Waals surface area (Å²) in [6.45, 7) is 9.46. The quantitative estimate of drug-likeness (QED) is 0.870. The van der Waals surface area contributed by atoms with Crippen molar-refractivity contribution in [2.45, 2.75) is 40.2 Å². The molecule has 18 heavy (non-hydrogen) atoms. The van der Waals surface area contributed by atoms with Gasteiger partial charge in [0.1, 0.15) is 0 Å². The van der Waals surface area contributed by atoms with Gasteiger partial charge in [-0.3, -0.25) is 4.79 Å². The summed E-state index contributed by atoms with van der Waals surface area (Å²) in [5.41, 5.74) is 8.56. The smallest absolute Gasteiger partial charge is 0.254 e. The molecule has 0 fully saturated rings. The highest BCUT2D eigenvalue weighted by Gasteiger charge is 2.19. The van der Waals surface area contributed by atoms with Crippen molar-refractivity contribution in [3.63, 3.8) is 0 Å². The molecule has 1 amide bonds. The summed E-state index contributed by atoms with van der Waals surface area (Å²) < 4.78 is 0. The van der Waals surface area contributed by atoms with Crippen LogP contribution in [0.1, 0.15) is 41.8 Å². The van der Waals surface area contributed by atoms with Crippen LogP contribution in [0.5, 0.6) is 0 Å². The van der Waals surface area contributed by atoms with E-state index < -0.39 is 0 Å². The molecule has 0 unspecified atom stereocenters. The van der Waals surface area contributed by atoms with Crippen LogP contribution in [-0.4, -0.2) is 29.9 Å². The molecule has 0 atom stereocenters. The first-order chi connectivity index (χ1) is 8.49. The van der Waals surface area contributed by atoms with Gasteiger partial charge in [0.25, 0.3) is 5.91 Å². The van der Waals surface area contributed by atoms with Crippen LogP contribution in [0, 0.1) is 13.8 Å². The maximum atomic E-state index is 12.6.